The van der Waals surface area contributed by atoms with E-state index in [4.69, 9.17) is 4.74 Å². The Balaban J connectivity index is 1.26. The zero-order valence-corrected chi connectivity index (χ0v) is 26.6. The van der Waals surface area contributed by atoms with E-state index < -0.39 is 17.8 Å². The molecule has 1 aromatic heterocycles. The van der Waals surface area contributed by atoms with Gasteiger partial charge in [-0.2, -0.15) is 23.5 Å². The van der Waals surface area contributed by atoms with Crippen LogP contribution in [0.25, 0.3) is 5.69 Å². The number of anilines is 1. The highest BCUT2D eigenvalue weighted by Crippen LogP contribution is 2.35. The Morgan fingerprint density at radius 1 is 0.979 bits per heavy atom. The van der Waals surface area contributed by atoms with Crippen molar-refractivity contribution in [2.45, 2.75) is 31.7 Å². The molecule has 0 spiro atoms. The molecule has 1 heterocycles. The molecular formula is C36H29BrF3N5O2. The van der Waals surface area contributed by atoms with Crippen LogP contribution in [-0.2, 0) is 12.8 Å². The summed E-state index contributed by atoms with van der Waals surface area (Å²) in [4.78, 5) is 13.5. The number of carbonyl (C=O) groups excluding carboxylic acids is 1. The molecule has 1 unspecified atom stereocenters. The zero-order valence-electron chi connectivity index (χ0n) is 25.0. The Hall–Kier alpha value is -4.92. The van der Waals surface area contributed by atoms with Crippen molar-refractivity contribution >= 4 is 27.5 Å². The van der Waals surface area contributed by atoms with Gasteiger partial charge in [0, 0.05) is 11.8 Å². The second-order valence-corrected chi connectivity index (χ2v) is 12.2. The Kier molecular flexibility index (Phi) is 9.43. The second-order valence-electron chi connectivity index (χ2n) is 11.3. The maximum absolute atomic E-state index is 13.7. The van der Waals surface area contributed by atoms with Gasteiger partial charge >= 0.3 is 6.18 Å². The van der Waals surface area contributed by atoms with E-state index in [9.17, 15) is 23.2 Å². The molecule has 1 amide bonds. The molecule has 5 aromatic rings. The Labute approximate surface area is 278 Å². The number of carbonyl (C=O) groups is 1. The number of hydrogen-bond acceptors (Lipinski definition) is 5. The van der Waals surface area contributed by atoms with E-state index in [0.717, 1.165) is 45.2 Å². The van der Waals surface area contributed by atoms with Gasteiger partial charge in [0.05, 0.1) is 27.8 Å². The van der Waals surface area contributed by atoms with Gasteiger partial charge in [-0.15, -0.1) is 0 Å². The van der Waals surface area contributed by atoms with Crippen LogP contribution in [0.1, 0.15) is 57.3 Å². The first kappa shape index (κ1) is 32.0. The van der Waals surface area contributed by atoms with Crippen molar-refractivity contribution in [2.75, 3.05) is 11.9 Å². The van der Waals surface area contributed by atoms with Crippen molar-refractivity contribution in [2.24, 2.45) is 5.92 Å². The van der Waals surface area contributed by atoms with Crippen LogP contribution in [0, 0.1) is 17.2 Å². The minimum atomic E-state index is -4.77. The molecule has 1 saturated carbocycles. The Morgan fingerprint density at radius 3 is 2.47 bits per heavy atom. The minimum Gasteiger partial charge on any atom is -0.488 e. The number of nitrogens with one attached hydrogen (secondary N) is 2. The molecule has 7 nitrogen and oxygen atoms in total. The molecule has 4 aromatic carbocycles. The quantitative estimate of drug-likeness (QED) is 0.144. The lowest BCUT2D eigenvalue weighted by atomic mass is 9.97. The molecule has 1 aliphatic carbocycles. The first-order chi connectivity index (χ1) is 22.7. The van der Waals surface area contributed by atoms with Gasteiger partial charge in [0.25, 0.3) is 5.91 Å². The van der Waals surface area contributed by atoms with E-state index >= 15 is 0 Å². The van der Waals surface area contributed by atoms with Crippen molar-refractivity contribution in [1.29, 1.82) is 5.26 Å². The SMILES string of the molecule is N#Cc1cccc(-n2nc(C(F)(F)F)cc2C(=O)Nc2cccc(C(NCC3CC3)c3ccc(OCc4ccccc4)c(Br)c3)c2)c1. The second kappa shape index (κ2) is 13.8. The molecule has 47 heavy (non-hydrogen) atoms. The van der Waals surface area contributed by atoms with Gasteiger partial charge in [0.15, 0.2) is 5.69 Å². The van der Waals surface area contributed by atoms with Crippen molar-refractivity contribution in [1.82, 2.24) is 15.1 Å². The summed E-state index contributed by atoms with van der Waals surface area (Å²) in [5, 5.41) is 19.4. The largest absolute Gasteiger partial charge is 0.488 e. The summed E-state index contributed by atoms with van der Waals surface area (Å²) < 4.78 is 48.7. The van der Waals surface area contributed by atoms with Crippen LogP contribution in [0.2, 0.25) is 0 Å². The molecule has 6 rings (SSSR count). The van der Waals surface area contributed by atoms with E-state index in [1.807, 2.05) is 60.7 Å². The van der Waals surface area contributed by atoms with Gasteiger partial charge in [0.2, 0.25) is 0 Å². The molecule has 0 bridgehead atoms. The predicted octanol–water partition coefficient (Wildman–Crippen LogP) is 8.45. The number of alkyl halides is 3. The van der Waals surface area contributed by atoms with Gasteiger partial charge < -0.3 is 15.4 Å². The van der Waals surface area contributed by atoms with Crippen LogP contribution in [-0.4, -0.2) is 22.2 Å². The van der Waals surface area contributed by atoms with Crippen molar-refractivity contribution in [3.63, 3.8) is 0 Å². The molecule has 1 atom stereocenters. The minimum absolute atomic E-state index is 0.157. The van der Waals surface area contributed by atoms with Gasteiger partial charge in [-0.3, -0.25) is 4.79 Å². The number of nitrogens with zero attached hydrogens (tertiary/aromatic N) is 3. The molecule has 0 saturated heterocycles. The first-order valence-corrected chi connectivity index (χ1v) is 15.8. The lowest BCUT2D eigenvalue weighted by Crippen LogP contribution is -2.25. The lowest BCUT2D eigenvalue weighted by molar-refractivity contribution is -0.141. The summed E-state index contributed by atoms with van der Waals surface area (Å²) in [5.74, 6) is 0.521. The fraction of sp³-hybridized carbons (Fsp3) is 0.194. The van der Waals surface area contributed by atoms with Gasteiger partial charge in [-0.05, 0) is 100 Å². The van der Waals surface area contributed by atoms with E-state index in [2.05, 4.69) is 31.7 Å². The number of ether oxygens (including phenoxy) is 1. The average Bonchev–Trinajstić information content (AvgIpc) is 3.78. The standard InChI is InChI=1S/C36H29BrF3N5O2/c37-30-18-27(14-15-32(30)47-22-24-6-2-1-3-7-24)34(42-21-23-12-13-23)26-9-5-10-28(17-26)43-35(46)31-19-33(36(38,39)40)44-45(31)29-11-4-8-25(16-29)20-41/h1-11,14-19,23,34,42H,12-13,21-22H2,(H,43,46). The van der Waals surface area contributed by atoms with Gasteiger partial charge in [-0.25, -0.2) is 4.68 Å². The van der Waals surface area contributed by atoms with Crippen molar-refractivity contribution < 1.29 is 22.7 Å². The fourth-order valence-corrected chi connectivity index (χ4v) is 5.67. The number of nitriles is 1. The third-order valence-corrected chi connectivity index (χ3v) is 8.38. The number of rotatable bonds is 11. The summed E-state index contributed by atoms with van der Waals surface area (Å²) in [7, 11) is 0. The number of halogens is 4. The molecule has 0 aliphatic heterocycles. The number of aromatic nitrogens is 2. The number of benzene rings is 4. The molecule has 238 valence electrons. The highest BCUT2D eigenvalue weighted by molar-refractivity contribution is 9.10. The average molecular weight is 701 g/mol. The summed E-state index contributed by atoms with van der Waals surface area (Å²) in [6, 6.07) is 31.3. The first-order valence-electron chi connectivity index (χ1n) is 15.0. The topological polar surface area (TPSA) is 92.0 Å². The highest BCUT2D eigenvalue weighted by Gasteiger charge is 2.36. The van der Waals surface area contributed by atoms with Crippen LogP contribution in [0.15, 0.2) is 108 Å². The fourth-order valence-electron chi connectivity index (χ4n) is 5.16. The Morgan fingerprint density at radius 2 is 1.74 bits per heavy atom. The third-order valence-electron chi connectivity index (χ3n) is 7.76. The molecule has 1 aliphatic rings. The summed E-state index contributed by atoms with van der Waals surface area (Å²) in [6.07, 6.45) is -2.45. The number of amides is 1. The van der Waals surface area contributed by atoms with Crippen LogP contribution in [0.4, 0.5) is 18.9 Å². The van der Waals surface area contributed by atoms with Crippen molar-refractivity contribution in [3.05, 3.63) is 141 Å². The number of hydrogen-bond donors (Lipinski definition) is 2. The molecule has 1 fully saturated rings. The maximum atomic E-state index is 13.7. The monoisotopic (exact) mass is 699 g/mol. The van der Waals surface area contributed by atoms with Gasteiger partial charge in [-0.1, -0.05) is 54.6 Å². The van der Waals surface area contributed by atoms with Gasteiger partial charge in [0.1, 0.15) is 18.1 Å². The van der Waals surface area contributed by atoms with Crippen LogP contribution in [0.3, 0.4) is 0 Å². The zero-order chi connectivity index (χ0) is 33.0. The summed E-state index contributed by atoms with van der Waals surface area (Å²) >= 11 is 3.66. The molecular weight excluding hydrogens is 671 g/mol. The van der Waals surface area contributed by atoms with E-state index in [1.54, 1.807) is 18.2 Å². The van der Waals surface area contributed by atoms with E-state index in [0.29, 0.717) is 30.0 Å². The maximum Gasteiger partial charge on any atom is 0.435 e. The molecule has 2 N–H and O–H groups in total. The highest BCUT2D eigenvalue weighted by atomic mass is 79.9. The normalized spacial score (nSPS) is 13.5. The summed E-state index contributed by atoms with van der Waals surface area (Å²) in [6.45, 7) is 1.24. The molecule has 11 heteroatoms. The van der Waals surface area contributed by atoms with Crippen LogP contribution in [0.5, 0.6) is 5.75 Å². The summed E-state index contributed by atoms with van der Waals surface area (Å²) in [5.41, 5.74) is 2.13. The lowest BCUT2D eigenvalue weighted by Gasteiger charge is -2.22. The predicted molar refractivity (Wildman–Crippen MR) is 175 cm³/mol. The smallest absolute Gasteiger partial charge is 0.435 e. The van der Waals surface area contributed by atoms with Crippen molar-refractivity contribution in [3.8, 4) is 17.5 Å². The third kappa shape index (κ3) is 7.91. The van der Waals surface area contributed by atoms with E-state index in [1.165, 1.54) is 24.3 Å². The molecule has 0 radical (unpaired) electrons. The van der Waals surface area contributed by atoms with Crippen LogP contribution < -0.4 is 15.4 Å². The van der Waals surface area contributed by atoms with E-state index in [-0.39, 0.29) is 23.0 Å². The Bertz CT molecular complexity index is 1930. The van der Waals surface area contributed by atoms with Crippen LogP contribution >= 0.6 is 15.9 Å².